The molecule has 9 nitrogen and oxygen atoms in total. The summed E-state index contributed by atoms with van der Waals surface area (Å²) in [5, 5.41) is 17.3. The van der Waals surface area contributed by atoms with Crippen molar-refractivity contribution in [2.45, 2.75) is 31.6 Å². The molecular formula is C23H22N8O. The number of piperidine rings is 1. The summed E-state index contributed by atoms with van der Waals surface area (Å²) in [6, 6.07) is 10.1. The zero-order valence-electron chi connectivity index (χ0n) is 17.4. The topological polar surface area (TPSA) is 140 Å². The lowest BCUT2D eigenvalue weighted by Gasteiger charge is -2.33. The van der Waals surface area contributed by atoms with Crippen LogP contribution in [-0.2, 0) is 4.79 Å². The minimum absolute atomic E-state index is 0.0289. The molecule has 4 N–H and O–H groups in total. The molecule has 2 fully saturated rings. The molecule has 1 unspecified atom stereocenters. The maximum absolute atomic E-state index is 12.9. The second-order valence-corrected chi connectivity index (χ2v) is 8.83. The molecule has 1 saturated heterocycles. The number of nitrogens with two attached hydrogens (primary N) is 1. The first-order chi connectivity index (χ1) is 15.6. The molecule has 1 amide bonds. The van der Waals surface area contributed by atoms with E-state index in [1.807, 2.05) is 29.2 Å². The second kappa shape index (κ2) is 6.79. The van der Waals surface area contributed by atoms with Gasteiger partial charge in [0.2, 0.25) is 5.91 Å². The van der Waals surface area contributed by atoms with E-state index < -0.39 is 5.41 Å². The predicted molar refractivity (Wildman–Crippen MR) is 119 cm³/mol. The largest absolute Gasteiger partial charge is 0.382 e. The van der Waals surface area contributed by atoms with Crippen molar-refractivity contribution in [2.24, 2.45) is 5.41 Å². The number of aromatic nitrogens is 5. The Morgan fingerprint density at radius 3 is 2.91 bits per heavy atom. The van der Waals surface area contributed by atoms with Gasteiger partial charge in [-0.3, -0.25) is 9.89 Å². The Bertz CT molecular complexity index is 1390. The molecule has 1 aliphatic heterocycles. The third-order valence-electron chi connectivity index (χ3n) is 6.75. The molecule has 0 spiro atoms. The summed E-state index contributed by atoms with van der Waals surface area (Å²) in [6.45, 7) is 1.26. The standard InChI is InChI=1S/C23H22N8O/c24-12-23(6-7-23)22(32)31-9-1-2-14(11-31)21-28-18-15-4-3-13(16-5-8-26-30-16)10-17(15)27-20(25)19(18)29-21/h3-5,8,10,14H,1-2,6-7,9,11H2,(H2,25,27)(H,26,30)(H,28,29). The SMILES string of the molecule is N#CC1(C(=O)N2CCCC(c3nc4c([nH]3)c(N)nc3cc(-c5ccn[nH]5)ccc34)C2)CC1. The Hall–Kier alpha value is -3.93. The van der Waals surface area contributed by atoms with Crippen molar-refractivity contribution in [3.8, 4) is 17.3 Å². The molecule has 6 rings (SSSR count). The zero-order chi connectivity index (χ0) is 21.9. The Balaban J connectivity index is 1.36. The fourth-order valence-electron chi connectivity index (χ4n) is 4.75. The maximum Gasteiger partial charge on any atom is 0.243 e. The van der Waals surface area contributed by atoms with Gasteiger partial charge in [0.15, 0.2) is 0 Å². The molecule has 3 aromatic heterocycles. The minimum atomic E-state index is -0.785. The highest BCUT2D eigenvalue weighted by atomic mass is 16.2. The highest BCUT2D eigenvalue weighted by Crippen LogP contribution is 2.47. The average molecular weight is 426 g/mol. The number of imidazole rings is 1. The summed E-state index contributed by atoms with van der Waals surface area (Å²) in [5.74, 6) is 1.27. The zero-order valence-corrected chi connectivity index (χ0v) is 17.4. The Kier molecular flexibility index (Phi) is 3.99. The van der Waals surface area contributed by atoms with Gasteiger partial charge in [0.05, 0.1) is 17.3 Å². The summed E-state index contributed by atoms with van der Waals surface area (Å²) in [4.78, 5) is 27.6. The number of H-pyrrole nitrogens is 2. The molecule has 1 aromatic carbocycles. The molecule has 9 heteroatoms. The van der Waals surface area contributed by atoms with E-state index in [1.165, 1.54) is 0 Å². The third kappa shape index (κ3) is 2.83. The van der Waals surface area contributed by atoms with Gasteiger partial charge in [-0.1, -0.05) is 6.07 Å². The van der Waals surface area contributed by atoms with Gasteiger partial charge in [-0.05, 0) is 43.9 Å². The van der Waals surface area contributed by atoms with E-state index in [0.29, 0.717) is 31.7 Å². The van der Waals surface area contributed by atoms with Crippen molar-refractivity contribution in [3.63, 3.8) is 0 Å². The van der Waals surface area contributed by atoms with Gasteiger partial charge in [-0.25, -0.2) is 9.97 Å². The van der Waals surface area contributed by atoms with Crippen LogP contribution in [0.15, 0.2) is 30.5 Å². The van der Waals surface area contributed by atoms with E-state index in [-0.39, 0.29) is 11.8 Å². The van der Waals surface area contributed by atoms with Gasteiger partial charge in [-0.2, -0.15) is 10.4 Å². The molecule has 160 valence electrons. The first-order valence-corrected chi connectivity index (χ1v) is 10.9. The average Bonchev–Trinajstić information content (AvgIpc) is 3.22. The number of benzene rings is 1. The second-order valence-electron chi connectivity index (χ2n) is 8.83. The van der Waals surface area contributed by atoms with Crippen molar-refractivity contribution in [3.05, 3.63) is 36.3 Å². The van der Waals surface area contributed by atoms with Gasteiger partial charge >= 0.3 is 0 Å². The molecule has 0 radical (unpaired) electrons. The molecule has 1 atom stereocenters. The first kappa shape index (κ1) is 18.8. The van der Waals surface area contributed by atoms with Gasteiger partial charge in [0, 0.05) is 36.2 Å². The van der Waals surface area contributed by atoms with Crippen molar-refractivity contribution >= 4 is 33.7 Å². The van der Waals surface area contributed by atoms with Crippen LogP contribution >= 0.6 is 0 Å². The predicted octanol–water partition coefficient (Wildman–Crippen LogP) is 3.09. The Labute approximate surface area is 183 Å². The molecule has 32 heavy (non-hydrogen) atoms. The number of amides is 1. The number of nitrogen functional groups attached to an aromatic ring is 1. The fourth-order valence-corrected chi connectivity index (χ4v) is 4.75. The maximum atomic E-state index is 12.9. The highest BCUT2D eigenvalue weighted by Gasteiger charge is 2.53. The van der Waals surface area contributed by atoms with E-state index in [1.54, 1.807) is 6.20 Å². The molecule has 1 saturated carbocycles. The number of carbonyl (C=O) groups is 1. The monoisotopic (exact) mass is 426 g/mol. The van der Waals surface area contributed by atoms with Crippen LogP contribution in [0.3, 0.4) is 0 Å². The number of hydrogen-bond acceptors (Lipinski definition) is 6. The number of pyridine rings is 1. The summed E-state index contributed by atoms with van der Waals surface area (Å²) in [5.41, 5.74) is 9.67. The van der Waals surface area contributed by atoms with Gasteiger partial charge in [0.1, 0.15) is 28.1 Å². The van der Waals surface area contributed by atoms with Crippen LogP contribution in [0.4, 0.5) is 5.82 Å². The van der Waals surface area contributed by atoms with Crippen LogP contribution in [0.1, 0.15) is 37.4 Å². The van der Waals surface area contributed by atoms with Crippen molar-refractivity contribution < 1.29 is 4.79 Å². The van der Waals surface area contributed by atoms with Crippen molar-refractivity contribution in [2.75, 3.05) is 18.8 Å². The third-order valence-corrected chi connectivity index (χ3v) is 6.75. The van der Waals surface area contributed by atoms with Crippen LogP contribution in [0, 0.1) is 16.7 Å². The highest BCUT2D eigenvalue weighted by molar-refractivity contribution is 6.07. The van der Waals surface area contributed by atoms with E-state index in [9.17, 15) is 10.1 Å². The molecule has 4 aromatic rings. The lowest BCUT2D eigenvalue weighted by molar-refractivity contribution is -0.136. The van der Waals surface area contributed by atoms with Crippen LogP contribution in [0.25, 0.3) is 33.2 Å². The number of fused-ring (bicyclic) bond motifs is 3. The Morgan fingerprint density at radius 1 is 1.28 bits per heavy atom. The normalized spacial score (nSPS) is 19.8. The smallest absolute Gasteiger partial charge is 0.243 e. The van der Waals surface area contributed by atoms with E-state index in [4.69, 9.17) is 10.7 Å². The minimum Gasteiger partial charge on any atom is -0.382 e. The number of hydrogen-bond donors (Lipinski definition) is 3. The summed E-state index contributed by atoms with van der Waals surface area (Å²) < 4.78 is 0. The molecule has 0 bridgehead atoms. The molecule has 4 heterocycles. The Morgan fingerprint density at radius 2 is 2.16 bits per heavy atom. The first-order valence-electron chi connectivity index (χ1n) is 10.9. The quantitative estimate of drug-likeness (QED) is 0.460. The number of rotatable bonds is 3. The fraction of sp³-hybridized carbons (Fsp3) is 0.348. The molecular weight excluding hydrogens is 404 g/mol. The van der Waals surface area contributed by atoms with Crippen LogP contribution in [0.2, 0.25) is 0 Å². The summed E-state index contributed by atoms with van der Waals surface area (Å²) in [7, 11) is 0. The molecule has 1 aliphatic carbocycles. The van der Waals surface area contributed by atoms with E-state index >= 15 is 0 Å². The van der Waals surface area contributed by atoms with Crippen LogP contribution in [0.5, 0.6) is 0 Å². The van der Waals surface area contributed by atoms with E-state index in [2.05, 4.69) is 26.2 Å². The van der Waals surface area contributed by atoms with Gasteiger partial charge in [-0.15, -0.1) is 0 Å². The lowest BCUT2D eigenvalue weighted by Crippen LogP contribution is -2.43. The number of aromatic amines is 2. The number of likely N-dealkylation sites (tertiary alicyclic amines) is 1. The van der Waals surface area contributed by atoms with Gasteiger partial charge in [0.25, 0.3) is 0 Å². The van der Waals surface area contributed by atoms with Crippen molar-refractivity contribution in [1.82, 2.24) is 30.0 Å². The number of nitriles is 1. The van der Waals surface area contributed by atoms with Gasteiger partial charge < -0.3 is 15.6 Å². The van der Waals surface area contributed by atoms with Crippen LogP contribution < -0.4 is 5.73 Å². The number of anilines is 1. The number of nitrogens with zero attached hydrogens (tertiary/aromatic N) is 5. The molecule has 2 aliphatic rings. The van der Waals surface area contributed by atoms with Crippen LogP contribution in [-0.4, -0.2) is 49.0 Å². The summed E-state index contributed by atoms with van der Waals surface area (Å²) in [6.07, 6.45) is 4.87. The number of carbonyl (C=O) groups excluding carboxylic acids is 1. The summed E-state index contributed by atoms with van der Waals surface area (Å²) >= 11 is 0. The van der Waals surface area contributed by atoms with E-state index in [0.717, 1.165) is 51.9 Å². The number of nitrogens with one attached hydrogen (secondary N) is 2. The lowest BCUT2D eigenvalue weighted by atomic mass is 9.95. The van der Waals surface area contributed by atoms with Crippen molar-refractivity contribution in [1.29, 1.82) is 5.26 Å².